The van der Waals surface area contributed by atoms with E-state index in [1.54, 1.807) is 18.3 Å². The molecule has 4 aromatic rings. The fourth-order valence-corrected chi connectivity index (χ4v) is 8.32. The standard InChI is InChI=1S/C12H14N4S3.C10H8Br2S.C2H6O.CH4N2S.2BrH/c13-11(14)17-5-8-7-3-1-2-4-9(7)19-10(8)6-18-12(15)16;11-5-8-7-3-1-2-4-9(7)13-10(8)6-12;1-2-3;2-1(3)4;;/h1-4H,5-6H2,(H3,13,14)(H3,15,16);1-4H,5-6H2;3H,2H2,1H3;(H4,2,3,4);2*1H. The van der Waals surface area contributed by atoms with Crippen molar-refractivity contribution in [2.45, 2.75) is 29.1 Å². The summed E-state index contributed by atoms with van der Waals surface area (Å²) in [6, 6.07) is 16.8. The van der Waals surface area contributed by atoms with Crippen LogP contribution in [0.3, 0.4) is 0 Å². The highest BCUT2D eigenvalue weighted by Crippen LogP contribution is 2.36. The lowest BCUT2D eigenvalue weighted by Gasteiger charge is -2.03. The first kappa shape index (κ1) is 42.7. The molecule has 0 saturated heterocycles. The van der Waals surface area contributed by atoms with Crippen LogP contribution >= 0.6 is 124 Å². The van der Waals surface area contributed by atoms with Gasteiger partial charge >= 0.3 is 0 Å². The Morgan fingerprint density at radius 2 is 1.17 bits per heavy atom. The van der Waals surface area contributed by atoms with E-state index in [2.05, 4.69) is 91.9 Å². The molecule has 2 aromatic heterocycles. The Labute approximate surface area is 300 Å². The van der Waals surface area contributed by atoms with Gasteiger partial charge in [0.25, 0.3) is 0 Å². The molecule has 0 aliphatic heterocycles. The maximum absolute atomic E-state index is 7.57. The number of nitrogens with one attached hydrogen (secondary N) is 2. The number of rotatable bonds is 6. The maximum Gasteiger partial charge on any atom is 0.160 e. The number of thioether (sulfide) groups is 2. The Morgan fingerprint density at radius 1 is 0.780 bits per heavy atom. The van der Waals surface area contributed by atoms with Gasteiger partial charge in [0.05, 0.1) is 0 Å². The molecule has 4 rings (SSSR count). The van der Waals surface area contributed by atoms with E-state index in [0.29, 0.717) is 11.5 Å². The molecule has 0 bridgehead atoms. The minimum atomic E-state index is 0. The average molecular weight is 915 g/mol. The first-order valence-corrected chi connectivity index (χ1v) is 17.5. The average Bonchev–Trinajstić information content (AvgIpc) is 3.44. The molecule has 228 valence electrons. The second-order valence-electron chi connectivity index (χ2n) is 7.29. The predicted octanol–water partition coefficient (Wildman–Crippen LogP) is 8.19. The van der Waals surface area contributed by atoms with Gasteiger partial charge in [-0.2, -0.15) is 0 Å². The van der Waals surface area contributed by atoms with Gasteiger partial charge in [0.1, 0.15) is 0 Å². The number of nitrogens with two attached hydrogens (primary N) is 4. The van der Waals surface area contributed by atoms with Crippen LogP contribution in [-0.4, -0.2) is 27.2 Å². The Hall–Kier alpha value is -0.430. The smallest absolute Gasteiger partial charge is 0.160 e. The number of alkyl halides is 2. The van der Waals surface area contributed by atoms with Gasteiger partial charge in [0.15, 0.2) is 15.4 Å². The van der Waals surface area contributed by atoms with Crippen molar-refractivity contribution in [1.29, 1.82) is 10.8 Å². The lowest BCUT2D eigenvalue weighted by Crippen LogP contribution is -2.18. The fourth-order valence-electron chi connectivity index (χ4n) is 3.12. The van der Waals surface area contributed by atoms with Gasteiger partial charge in [-0.25, -0.2) is 0 Å². The summed E-state index contributed by atoms with van der Waals surface area (Å²) in [4.78, 5) is 2.63. The number of hydrogen-bond donors (Lipinski definition) is 7. The lowest BCUT2D eigenvalue weighted by atomic mass is 10.1. The van der Waals surface area contributed by atoms with E-state index < -0.39 is 0 Å². The molecule has 0 saturated carbocycles. The molecule has 0 aliphatic carbocycles. The van der Waals surface area contributed by atoms with Crippen molar-refractivity contribution in [3.63, 3.8) is 0 Å². The minimum Gasteiger partial charge on any atom is -0.397 e. The van der Waals surface area contributed by atoms with Crippen molar-refractivity contribution in [3.8, 4) is 0 Å². The van der Waals surface area contributed by atoms with Crippen LogP contribution in [0.25, 0.3) is 20.2 Å². The number of halogens is 4. The first-order chi connectivity index (χ1) is 18.6. The molecule has 2 heterocycles. The van der Waals surface area contributed by atoms with E-state index in [0.717, 1.165) is 10.7 Å². The Kier molecular flexibility index (Phi) is 25.0. The molecule has 0 spiro atoms. The van der Waals surface area contributed by atoms with Crippen molar-refractivity contribution in [3.05, 3.63) is 69.4 Å². The second-order valence-corrected chi connectivity index (χ2v) is 13.2. The number of thiophene rings is 2. The lowest BCUT2D eigenvalue weighted by molar-refractivity contribution is 0.318. The number of aliphatic hydroxyl groups excluding tert-OH is 1. The normalized spacial score (nSPS) is 9.46. The quantitative estimate of drug-likeness (QED) is 0.0439. The van der Waals surface area contributed by atoms with Crippen molar-refractivity contribution >= 4 is 160 Å². The summed E-state index contributed by atoms with van der Waals surface area (Å²) in [5.74, 6) is 1.38. The summed E-state index contributed by atoms with van der Waals surface area (Å²) in [5.41, 5.74) is 22.7. The molecular weight excluding hydrogens is 880 g/mol. The summed E-state index contributed by atoms with van der Waals surface area (Å²) < 4.78 is 2.60. The van der Waals surface area contributed by atoms with Crippen LogP contribution in [0.1, 0.15) is 27.8 Å². The van der Waals surface area contributed by atoms with Gasteiger partial charge < -0.3 is 28.0 Å². The summed E-state index contributed by atoms with van der Waals surface area (Å²) in [5, 5.41) is 26.9. The molecular formula is C25H34Br4N6OS5. The van der Waals surface area contributed by atoms with Crippen LogP contribution in [0.2, 0.25) is 0 Å². The van der Waals surface area contributed by atoms with E-state index in [9.17, 15) is 0 Å². The van der Waals surface area contributed by atoms with Crippen LogP contribution in [0.4, 0.5) is 0 Å². The zero-order valence-corrected chi connectivity index (χ0v) is 32.7. The summed E-state index contributed by atoms with van der Waals surface area (Å²) in [6.45, 7) is 1.93. The molecule has 41 heavy (non-hydrogen) atoms. The monoisotopic (exact) mass is 910 g/mol. The third kappa shape index (κ3) is 15.7. The summed E-state index contributed by atoms with van der Waals surface area (Å²) in [7, 11) is 0. The van der Waals surface area contributed by atoms with Crippen molar-refractivity contribution in [2.24, 2.45) is 22.9 Å². The third-order valence-electron chi connectivity index (χ3n) is 4.55. The van der Waals surface area contributed by atoms with Crippen LogP contribution in [0, 0.1) is 10.8 Å². The third-order valence-corrected chi connectivity index (χ3v) is 10.1. The van der Waals surface area contributed by atoms with Gasteiger partial charge in [-0.1, -0.05) is 91.8 Å². The zero-order valence-electron chi connectivity index (χ0n) is 22.0. The van der Waals surface area contributed by atoms with Crippen molar-refractivity contribution in [1.82, 2.24) is 0 Å². The van der Waals surface area contributed by atoms with Gasteiger partial charge in [-0.05, 0) is 53.2 Å². The summed E-state index contributed by atoms with van der Waals surface area (Å²) in [6.07, 6.45) is 0. The molecule has 0 atom stereocenters. The molecule has 16 heteroatoms. The second kappa shape index (κ2) is 24.0. The molecule has 0 aliphatic rings. The van der Waals surface area contributed by atoms with E-state index in [4.69, 9.17) is 27.4 Å². The van der Waals surface area contributed by atoms with Crippen LogP contribution in [0.15, 0.2) is 48.5 Å². The molecule has 0 unspecified atom stereocenters. The maximum atomic E-state index is 7.57. The number of fused-ring (bicyclic) bond motifs is 2. The highest BCUT2D eigenvalue weighted by Gasteiger charge is 2.13. The summed E-state index contributed by atoms with van der Waals surface area (Å²) >= 11 is 17.4. The van der Waals surface area contributed by atoms with Gasteiger partial charge in [-0.15, -0.1) is 56.6 Å². The number of thiocarbonyl (C=S) groups is 1. The fraction of sp³-hybridized carbons (Fsp3) is 0.240. The van der Waals surface area contributed by atoms with Crippen LogP contribution in [0.5, 0.6) is 0 Å². The topological polar surface area (TPSA) is 172 Å². The van der Waals surface area contributed by atoms with E-state index in [1.165, 1.54) is 64.6 Å². The van der Waals surface area contributed by atoms with Gasteiger partial charge in [0.2, 0.25) is 0 Å². The van der Waals surface area contributed by atoms with Crippen molar-refractivity contribution < 1.29 is 5.11 Å². The number of hydrogen-bond acceptors (Lipinski definition) is 8. The SMILES string of the molecule is Br.Br.BrCc1sc2ccccc2c1CBr.CCO.N=C(N)SCc1sc2ccccc2c1CSC(=N)N.NC(N)=S. The van der Waals surface area contributed by atoms with Crippen LogP contribution in [-0.2, 0) is 22.2 Å². The molecule has 0 fully saturated rings. The Bertz CT molecular complexity index is 1370. The Balaban J connectivity index is 0. The highest BCUT2D eigenvalue weighted by atomic mass is 79.9. The van der Waals surface area contributed by atoms with Crippen molar-refractivity contribution in [2.75, 3.05) is 6.61 Å². The highest BCUT2D eigenvalue weighted by molar-refractivity contribution is 9.09. The molecule has 0 radical (unpaired) electrons. The van der Waals surface area contributed by atoms with Gasteiger partial charge in [0, 0.05) is 47.9 Å². The largest absolute Gasteiger partial charge is 0.397 e. The molecule has 7 nitrogen and oxygen atoms in total. The van der Waals surface area contributed by atoms with E-state index in [1.807, 2.05) is 23.5 Å². The molecule has 2 aromatic carbocycles. The Morgan fingerprint density at radius 3 is 1.59 bits per heavy atom. The minimum absolute atomic E-state index is 0. The van der Waals surface area contributed by atoms with E-state index in [-0.39, 0.29) is 56.0 Å². The number of benzene rings is 2. The molecule has 11 N–H and O–H groups in total. The number of amidine groups is 2. The van der Waals surface area contributed by atoms with E-state index >= 15 is 0 Å². The number of aliphatic hydroxyl groups is 1. The molecule has 0 amide bonds. The first-order valence-electron chi connectivity index (χ1n) is 11.3. The van der Waals surface area contributed by atoms with Crippen LogP contribution < -0.4 is 22.9 Å². The predicted molar refractivity (Wildman–Crippen MR) is 210 cm³/mol. The van der Waals surface area contributed by atoms with Gasteiger partial charge in [-0.3, -0.25) is 10.8 Å². The zero-order chi connectivity index (χ0) is 29.4.